The van der Waals surface area contributed by atoms with Gasteiger partial charge in [-0.05, 0) is 17.1 Å². The Hall–Kier alpha value is -0.740. The third-order valence-electron chi connectivity index (χ3n) is 1.92. The number of hydrogen-bond acceptors (Lipinski definition) is 3. The van der Waals surface area contributed by atoms with Gasteiger partial charge in [-0.1, -0.05) is 50.8 Å². The van der Waals surface area contributed by atoms with Crippen LogP contribution in [0.3, 0.4) is 0 Å². The molecule has 0 amide bonds. The van der Waals surface area contributed by atoms with Crippen LogP contribution in [0.15, 0.2) is 30.3 Å². The first-order chi connectivity index (χ1) is 6.92. The lowest BCUT2D eigenvalue weighted by Gasteiger charge is -1.98. The van der Waals surface area contributed by atoms with Gasteiger partial charge in [0.25, 0.3) is 0 Å². The maximum Gasteiger partial charge on any atom is 0.0843 e. The molecule has 0 atom stereocenters. The topological polar surface area (TPSA) is 25.8 Å². The molecule has 72 valence electrons. The number of benzene rings is 1. The highest BCUT2D eigenvalue weighted by atomic mass is 79.9. The van der Waals surface area contributed by atoms with E-state index in [4.69, 9.17) is 0 Å². The summed E-state index contributed by atoms with van der Waals surface area (Å²) in [6.07, 6.45) is 0.931. The van der Waals surface area contributed by atoms with Crippen molar-refractivity contribution in [2.75, 3.05) is 5.33 Å². The summed E-state index contributed by atoms with van der Waals surface area (Å²) in [5.41, 5.74) is 2.29. The van der Waals surface area contributed by atoms with Crippen LogP contribution in [-0.2, 0) is 6.42 Å². The van der Waals surface area contributed by atoms with Gasteiger partial charge in [0.05, 0.1) is 10.6 Å². The van der Waals surface area contributed by atoms with Crippen LogP contribution < -0.4 is 0 Å². The van der Waals surface area contributed by atoms with E-state index in [1.807, 2.05) is 18.2 Å². The Kier molecular flexibility index (Phi) is 3.26. The number of hydrogen-bond donors (Lipinski definition) is 0. The molecule has 0 unspecified atom stereocenters. The Bertz CT molecular complexity index is 400. The smallest absolute Gasteiger partial charge is 0.0843 e. The molecule has 0 fully saturated rings. The van der Waals surface area contributed by atoms with Crippen LogP contribution in [0.2, 0.25) is 0 Å². The molecule has 0 aliphatic carbocycles. The minimum atomic E-state index is 0.929. The van der Waals surface area contributed by atoms with E-state index < -0.39 is 0 Å². The fourth-order valence-corrected chi connectivity index (χ4v) is 2.36. The number of nitrogens with zero attached hydrogens (tertiary/aromatic N) is 2. The lowest BCUT2D eigenvalue weighted by Crippen LogP contribution is -1.88. The molecule has 14 heavy (non-hydrogen) atoms. The Balaban J connectivity index is 2.37. The van der Waals surface area contributed by atoms with Crippen molar-refractivity contribution in [3.8, 4) is 10.4 Å². The summed E-state index contributed by atoms with van der Waals surface area (Å²) < 4.78 is 3.99. The lowest BCUT2D eigenvalue weighted by molar-refractivity contribution is 1.00. The number of halogens is 1. The van der Waals surface area contributed by atoms with E-state index in [1.54, 1.807) is 0 Å². The highest BCUT2D eigenvalue weighted by Gasteiger charge is 2.08. The maximum absolute atomic E-state index is 4.12. The van der Waals surface area contributed by atoms with E-state index in [2.05, 4.69) is 37.6 Å². The van der Waals surface area contributed by atoms with Crippen LogP contribution in [0.5, 0.6) is 0 Å². The summed E-state index contributed by atoms with van der Waals surface area (Å²) in [6, 6.07) is 10.3. The largest absolute Gasteiger partial charge is 0.142 e. The summed E-state index contributed by atoms with van der Waals surface area (Å²) in [7, 11) is 0. The number of alkyl halides is 1. The van der Waals surface area contributed by atoms with Crippen molar-refractivity contribution in [2.45, 2.75) is 6.42 Å². The zero-order chi connectivity index (χ0) is 9.80. The number of aryl methyl sites for hydroxylation is 1. The van der Waals surface area contributed by atoms with Gasteiger partial charge in [0.15, 0.2) is 0 Å². The highest BCUT2D eigenvalue weighted by molar-refractivity contribution is 9.09. The summed E-state index contributed by atoms with van der Waals surface area (Å²) >= 11 is 4.87. The van der Waals surface area contributed by atoms with Crippen LogP contribution in [0.25, 0.3) is 10.4 Å². The van der Waals surface area contributed by atoms with Crippen molar-refractivity contribution < 1.29 is 0 Å². The van der Waals surface area contributed by atoms with Crippen LogP contribution in [0.1, 0.15) is 5.69 Å². The van der Waals surface area contributed by atoms with Crippen molar-refractivity contribution in [3.63, 3.8) is 0 Å². The third-order valence-corrected chi connectivity index (χ3v) is 3.14. The molecule has 0 N–H and O–H groups in total. The lowest BCUT2D eigenvalue weighted by atomic mass is 10.1. The minimum absolute atomic E-state index is 0.929. The van der Waals surface area contributed by atoms with Gasteiger partial charge in [0.1, 0.15) is 0 Å². The Morgan fingerprint density at radius 3 is 2.71 bits per heavy atom. The molecule has 0 saturated carbocycles. The zero-order valence-electron chi connectivity index (χ0n) is 7.48. The van der Waals surface area contributed by atoms with Gasteiger partial charge in [-0.3, -0.25) is 0 Å². The normalized spacial score (nSPS) is 10.4. The van der Waals surface area contributed by atoms with Crippen molar-refractivity contribution in [2.24, 2.45) is 0 Å². The van der Waals surface area contributed by atoms with Crippen molar-refractivity contribution in [3.05, 3.63) is 36.0 Å². The van der Waals surface area contributed by atoms with Gasteiger partial charge in [-0.15, -0.1) is 5.10 Å². The molecule has 0 aliphatic rings. The second-order valence-corrected chi connectivity index (χ2v) is 4.40. The number of aromatic nitrogens is 2. The van der Waals surface area contributed by atoms with E-state index in [0.29, 0.717) is 0 Å². The van der Waals surface area contributed by atoms with Gasteiger partial charge in [-0.25, -0.2) is 0 Å². The van der Waals surface area contributed by atoms with Crippen LogP contribution >= 0.6 is 27.5 Å². The molecule has 4 heteroatoms. The van der Waals surface area contributed by atoms with E-state index in [9.17, 15) is 0 Å². The predicted octanol–water partition coefficient (Wildman–Crippen LogP) is 3.14. The van der Waals surface area contributed by atoms with Crippen LogP contribution in [0.4, 0.5) is 0 Å². The highest BCUT2D eigenvalue weighted by Crippen LogP contribution is 2.26. The average Bonchev–Trinajstić information content (AvgIpc) is 2.68. The molecule has 1 aromatic carbocycles. The Labute approximate surface area is 95.3 Å². The molecule has 0 bridgehead atoms. The van der Waals surface area contributed by atoms with Gasteiger partial charge in [0.2, 0.25) is 0 Å². The fraction of sp³-hybridized carbons (Fsp3) is 0.200. The maximum atomic E-state index is 4.12. The molecular formula is C10H9BrN2S. The van der Waals surface area contributed by atoms with Crippen molar-refractivity contribution in [1.82, 2.24) is 9.59 Å². The second-order valence-electron chi connectivity index (χ2n) is 2.85. The monoisotopic (exact) mass is 268 g/mol. The summed E-state index contributed by atoms with van der Waals surface area (Å²) in [6.45, 7) is 0. The van der Waals surface area contributed by atoms with E-state index in [0.717, 1.165) is 17.4 Å². The summed E-state index contributed by atoms with van der Waals surface area (Å²) in [5.74, 6) is 0. The molecule has 1 aromatic heterocycles. The van der Waals surface area contributed by atoms with Crippen molar-refractivity contribution in [1.29, 1.82) is 0 Å². The first-order valence-corrected chi connectivity index (χ1v) is 6.24. The summed E-state index contributed by atoms with van der Waals surface area (Å²) in [4.78, 5) is 1.19. The van der Waals surface area contributed by atoms with E-state index in [1.165, 1.54) is 22.0 Å². The molecule has 2 aromatic rings. The SMILES string of the molecule is BrCCc1nnsc1-c1ccccc1. The minimum Gasteiger partial charge on any atom is -0.142 e. The molecular weight excluding hydrogens is 260 g/mol. The van der Waals surface area contributed by atoms with Crippen molar-refractivity contribution >= 4 is 27.5 Å². The Morgan fingerprint density at radius 1 is 1.21 bits per heavy atom. The second kappa shape index (κ2) is 4.66. The van der Waals surface area contributed by atoms with Crippen LogP contribution in [-0.4, -0.2) is 14.9 Å². The standard InChI is InChI=1S/C10H9BrN2S/c11-7-6-9-10(14-13-12-9)8-4-2-1-3-5-8/h1-5H,6-7H2. The third kappa shape index (κ3) is 2.01. The quantitative estimate of drug-likeness (QED) is 0.800. The van der Waals surface area contributed by atoms with Gasteiger partial charge in [0, 0.05) is 11.8 Å². The molecule has 0 spiro atoms. The predicted molar refractivity (Wildman–Crippen MR) is 62.8 cm³/mol. The van der Waals surface area contributed by atoms with Crippen LogP contribution in [0, 0.1) is 0 Å². The molecule has 1 heterocycles. The first-order valence-electron chi connectivity index (χ1n) is 4.34. The number of rotatable bonds is 3. The van der Waals surface area contributed by atoms with E-state index in [-0.39, 0.29) is 0 Å². The average molecular weight is 269 g/mol. The van der Waals surface area contributed by atoms with E-state index >= 15 is 0 Å². The van der Waals surface area contributed by atoms with Gasteiger partial charge in [-0.2, -0.15) is 0 Å². The zero-order valence-corrected chi connectivity index (χ0v) is 9.88. The molecule has 0 saturated heterocycles. The molecule has 2 rings (SSSR count). The summed E-state index contributed by atoms with van der Waals surface area (Å²) in [5, 5.41) is 5.05. The first kappa shape index (κ1) is 9.80. The molecule has 0 radical (unpaired) electrons. The van der Waals surface area contributed by atoms with Gasteiger partial charge < -0.3 is 0 Å². The molecule has 0 aliphatic heterocycles. The fourth-order valence-electron chi connectivity index (χ4n) is 1.27. The Morgan fingerprint density at radius 2 is 2.00 bits per heavy atom. The molecule has 2 nitrogen and oxygen atoms in total. The van der Waals surface area contributed by atoms with Gasteiger partial charge >= 0.3 is 0 Å².